The molecule has 0 bridgehead atoms. The van der Waals surface area contributed by atoms with Crippen molar-refractivity contribution in [3.63, 3.8) is 0 Å². The highest BCUT2D eigenvalue weighted by Crippen LogP contribution is 1.97. The minimum atomic E-state index is 0.236. The predicted octanol–water partition coefficient (Wildman–Crippen LogP) is 0.281. The van der Waals surface area contributed by atoms with Crippen LogP contribution in [0.2, 0.25) is 0 Å². The van der Waals surface area contributed by atoms with Crippen molar-refractivity contribution in [1.82, 2.24) is 14.9 Å². The van der Waals surface area contributed by atoms with Gasteiger partial charge in [0.05, 0.1) is 12.0 Å². The largest absolute Gasteiger partial charge is 0.396 e. The molecule has 1 rings (SSSR count). The molecule has 4 nitrogen and oxygen atoms in total. The molecule has 0 aromatic carbocycles. The van der Waals surface area contributed by atoms with Gasteiger partial charge < -0.3 is 15.0 Å². The Morgan fingerprint density at radius 3 is 3.00 bits per heavy atom. The van der Waals surface area contributed by atoms with E-state index in [1.165, 1.54) is 0 Å². The number of rotatable bonds is 5. The molecule has 0 amide bonds. The standard InChI is InChI=1S/C9H17N3O/c1-8(3-4-13)11-6-9-5-10-7-12(9)2/h5,7-8,11,13H,3-4,6H2,1-2H3. The van der Waals surface area contributed by atoms with Gasteiger partial charge in [-0.1, -0.05) is 0 Å². The van der Waals surface area contributed by atoms with Gasteiger partial charge in [0, 0.05) is 32.4 Å². The smallest absolute Gasteiger partial charge is 0.0945 e. The Hall–Kier alpha value is -0.870. The normalized spacial score (nSPS) is 13.2. The third-order valence-electron chi connectivity index (χ3n) is 2.11. The van der Waals surface area contributed by atoms with Gasteiger partial charge in [0.15, 0.2) is 0 Å². The Morgan fingerprint density at radius 1 is 1.69 bits per heavy atom. The first-order valence-corrected chi connectivity index (χ1v) is 4.53. The molecule has 13 heavy (non-hydrogen) atoms. The van der Waals surface area contributed by atoms with Gasteiger partial charge in [0.1, 0.15) is 0 Å². The van der Waals surface area contributed by atoms with Crippen molar-refractivity contribution in [2.24, 2.45) is 7.05 Å². The van der Waals surface area contributed by atoms with E-state index in [4.69, 9.17) is 5.11 Å². The summed E-state index contributed by atoms with van der Waals surface area (Å²) >= 11 is 0. The molecular weight excluding hydrogens is 166 g/mol. The van der Waals surface area contributed by atoms with Crippen LogP contribution in [-0.2, 0) is 13.6 Å². The van der Waals surface area contributed by atoms with E-state index < -0.39 is 0 Å². The summed E-state index contributed by atoms with van der Waals surface area (Å²) in [7, 11) is 1.97. The van der Waals surface area contributed by atoms with Gasteiger partial charge in [-0.2, -0.15) is 0 Å². The fraction of sp³-hybridized carbons (Fsp3) is 0.667. The summed E-state index contributed by atoms with van der Waals surface area (Å²) in [6.45, 7) is 3.10. The van der Waals surface area contributed by atoms with Crippen LogP contribution >= 0.6 is 0 Å². The number of hydrogen-bond acceptors (Lipinski definition) is 3. The molecule has 1 aromatic rings. The summed E-state index contributed by atoms with van der Waals surface area (Å²) in [6, 6.07) is 0.347. The van der Waals surface area contributed by atoms with Crippen molar-refractivity contribution in [1.29, 1.82) is 0 Å². The van der Waals surface area contributed by atoms with Gasteiger partial charge in [-0.3, -0.25) is 0 Å². The number of aliphatic hydroxyl groups excluding tert-OH is 1. The Kier molecular flexibility index (Phi) is 3.92. The van der Waals surface area contributed by atoms with Crippen molar-refractivity contribution in [3.8, 4) is 0 Å². The van der Waals surface area contributed by atoms with E-state index in [1.54, 1.807) is 6.33 Å². The molecule has 1 unspecified atom stereocenters. The number of aliphatic hydroxyl groups is 1. The maximum Gasteiger partial charge on any atom is 0.0945 e. The molecule has 1 heterocycles. The highest BCUT2D eigenvalue weighted by molar-refractivity contribution is 4.96. The van der Waals surface area contributed by atoms with Crippen molar-refractivity contribution in [2.45, 2.75) is 25.9 Å². The lowest BCUT2D eigenvalue weighted by atomic mass is 10.2. The average molecular weight is 183 g/mol. The summed E-state index contributed by atoms with van der Waals surface area (Å²) in [5.41, 5.74) is 1.16. The molecule has 0 saturated heterocycles. The first kappa shape index (κ1) is 10.2. The molecule has 0 aliphatic heterocycles. The summed E-state index contributed by atoms with van der Waals surface area (Å²) in [4.78, 5) is 4.02. The molecule has 0 radical (unpaired) electrons. The van der Waals surface area contributed by atoms with E-state index in [1.807, 2.05) is 17.8 Å². The average Bonchev–Trinajstić information content (AvgIpc) is 2.48. The summed E-state index contributed by atoms with van der Waals surface area (Å²) in [5.74, 6) is 0. The second-order valence-corrected chi connectivity index (χ2v) is 3.29. The number of hydrogen-bond donors (Lipinski definition) is 2. The van der Waals surface area contributed by atoms with Gasteiger partial charge >= 0.3 is 0 Å². The topological polar surface area (TPSA) is 50.1 Å². The third-order valence-corrected chi connectivity index (χ3v) is 2.11. The molecular formula is C9H17N3O. The molecule has 0 aliphatic rings. The minimum absolute atomic E-state index is 0.236. The molecule has 4 heteroatoms. The zero-order valence-corrected chi connectivity index (χ0v) is 8.20. The Labute approximate surface area is 78.6 Å². The first-order valence-electron chi connectivity index (χ1n) is 4.53. The van der Waals surface area contributed by atoms with Gasteiger partial charge in [-0.05, 0) is 13.3 Å². The number of nitrogens with one attached hydrogen (secondary N) is 1. The van der Waals surface area contributed by atoms with Crippen LogP contribution in [0.5, 0.6) is 0 Å². The maximum absolute atomic E-state index is 8.69. The summed E-state index contributed by atoms with van der Waals surface area (Å²) in [6.07, 6.45) is 4.42. The van der Waals surface area contributed by atoms with Crippen LogP contribution in [0.15, 0.2) is 12.5 Å². The zero-order chi connectivity index (χ0) is 9.68. The lowest BCUT2D eigenvalue weighted by Crippen LogP contribution is -2.27. The van der Waals surface area contributed by atoms with Crippen molar-refractivity contribution >= 4 is 0 Å². The Morgan fingerprint density at radius 2 is 2.46 bits per heavy atom. The van der Waals surface area contributed by atoms with Gasteiger partial charge in [-0.25, -0.2) is 4.98 Å². The fourth-order valence-electron chi connectivity index (χ4n) is 1.13. The number of nitrogens with zero attached hydrogens (tertiary/aromatic N) is 2. The second-order valence-electron chi connectivity index (χ2n) is 3.29. The highest BCUT2D eigenvalue weighted by Gasteiger charge is 2.02. The Balaban J connectivity index is 2.30. The van der Waals surface area contributed by atoms with Gasteiger partial charge in [-0.15, -0.1) is 0 Å². The van der Waals surface area contributed by atoms with Crippen LogP contribution in [0.25, 0.3) is 0 Å². The maximum atomic E-state index is 8.69. The molecule has 0 spiro atoms. The number of aryl methyl sites for hydroxylation is 1. The molecule has 74 valence electrons. The molecule has 1 aromatic heterocycles. The second kappa shape index (κ2) is 4.99. The van der Waals surface area contributed by atoms with Crippen LogP contribution in [0.4, 0.5) is 0 Å². The van der Waals surface area contributed by atoms with Crippen LogP contribution < -0.4 is 5.32 Å². The van der Waals surface area contributed by atoms with Crippen LogP contribution in [0, 0.1) is 0 Å². The lowest BCUT2D eigenvalue weighted by Gasteiger charge is -2.11. The van der Waals surface area contributed by atoms with Crippen molar-refractivity contribution in [3.05, 3.63) is 18.2 Å². The quantitative estimate of drug-likeness (QED) is 0.689. The number of imidazole rings is 1. The third kappa shape index (κ3) is 3.16. The van der Waals surface area contributed by atoms with Crippen LogP contribution in [-0.4, -0.2) is 27.3 Å². The monoisotopic (exact) mass is 183 g/mol. The minimum Gasteiger partial charge on any atom is -0.396 e. The highest BCUT2D eigenvalue weighted by atomic mass is 16.3. The summed E-state index contributed by atoms with van der Waals surface area (Å²) in [5, 5.41) is 12.0. The zero-order valence-electron chi connectivity index (χ0n) is 8.20. The van der Waals surface area contributed by atoms with Crippen LogP contribution in [0.3, 0.4) is 0 Å². The lowest BCUT2D eigenvalue weighted by molar-refractivity contribution is 0.268. The van der Waals surface area contributed by atoms with E-state index in [2.05, 4.69) is 17.2 Å². The van der Waals surface area contributed by atoms with E-state index >= 15 is 0 Å². The first-order chi connectivity index (χ1) is 6.24. The van der Waals surface area contributed by atoms with E-state index in [0.29, 0.717) is 6.04 Å². The molecule has 1 atom stereocenters. The van der Waals surface area contributed by atoms with Crippen molar-refractivity contribution in [2.75, 3.05) is 6.61 Å². The fourth-order valence-corrected chi connectivity index (χ4v) is 1.13. The SMILES string of the molecule is CC(CCO)NCc1cncn1C. The van der Waals surface area contributed by atoms with E-state index in [0.717, 1.165) is 18.7 Å². The molecule has 0 aliphatic carbocycles. The molecule has 2 N–H and O–H groups in total. The Bertz CT molecular complexity index is 247. The number of aromatic nitrogens is 2. The van der Waals surface area contributed by atoms with Crippen molar-refractivity contribution < 1.29 is 5.11 Å². The molecule has 0 fully saturated rings. The molecule has 0 saturated carbocycles. The van der Waals surface area contributed by atoms with Gasteiger partial charge in [0.25, 0.3) is 0 Å². The van der Waals surface area contributed by atoms with Crippen LogP contribution in [0.1, 0.15) is 19.0 Å². The van der Waals surface area contributed by atoms with Gasteiger partial charge in [0.2, 0.25) is 0 Å². The van der Waals surface area contributed by atoms with E-state index in [-0.39, 0.29) is 6.61 Å². The predicted molar refractivity (Wildman–Crippen MR) is 51.2 cm³/mol. The van der Waals surface area contributed by atoms with E-state index in [9.17, 15) is 0 Å². The summed E-state index contributed by atoms with van der Waals surface area (Å²) < 4.78 is 1.98.